The molecule has 0 nitrogen and oxygen atoms in total. The Balaban J connectivity index is 1.33. The number of allylic oxidation sites excluding steroid dienone is 6. The lowest BCUT2D eigenvalue weighted by atomic mass is 9.34. The summed E-state index contributed by atoms with van der Waals surface area (Å²) in [5, 5.41) is 2.73. The molecule has 2 heterocycles. The van der Waals surface area contributed by atoms with Gasteiger partial charge in [-0.15, -0.1) is 0 Å². The van der Waals surface area contributed by atoms with Gasteiger partial charge in [-0.25, -0.2) is 0 Å². The van der Waals surface area contributed by atoms with Crippen LogP contribution >= 0.6 is 23.5 Å². The quantitative estimate of drug-likeness (QED) is 0.212. The summed E-state index contributed by atoms with van der Waals surface area (Å²) in [6, 6.07) is 28.2. The molecular formula is C38H31BS2. The lowest BCUT2D eigenvalue weighted by molar-refractivity contribution is 0.672. The molecule has 2 aliphatic heterocycles. The number of fused-ring (bicyclic) bond motifs is 7. The first-order chi connectivity index (χ1) is 19.9. The van der Waals surface area contributed by atoms with Crippen LogP contribution in [0.2, 0.25) is 0 Å². The molecule has 5 aliphatic rings. The van der Waals surface area contributed by atoms with Crippen LogP contribution < -0.4 is 5.46 Å². The average molecular weight is 563 g/mol. The van der Waals surface area contributed by atoms with E-state index in [4.69, 9.17) is 0 Å². The van der Waals surface area contributed by atoms with Crippen LogP contribution in [0.4, 0.5) is 0 Å². The molecule has 0 bridgehead atoms. The molecule has 3 aliphatic carbocycles. The fourth-order valence-electron chi connectivity index (χ4n) is 8.13. The number of hydrogen-bond acceptors (Lipinski definition) is 2. The van der Waals surface area contributed by atoms with Crippen molar-refractivity contribution >= 4 is 63.0 Å². The van der Waals surface area contributed by atoms with Crippen LogP contribution in [-0.2, 0) is 10.8 Å². The summed E-state index contributed by atoms with van der Waals surface area (Å²) in [5.41, 5.74) is 13.2. The van der Waals surface area contributed by atoms with Crippen molar-refractivity contribution in [3.63, 3.8) is 0 Å². The van der Waals surface area contributed by atoms with Crippen LogP contribution in [0.5, 0.6) is 0 Å². The van der Waals surface area contributed by atoms with E-state index in [2.05, 4.69) is 119 Å². The second-order valence-electron chi connectivity index (χ2n) is 13.1. The van der Waals surface area contributed by atoms with Gasteiger partial charge in [-0.05, 0) is 96.5 Å². The zero-order valence-electron chi connectivity index (χ0n) is 24.0. The summed E-state index contributed by atoms with van der Waals surface area (Å²) in [5.74, 6) is 0. The van der Waals surface area contributed by atoms with Crippen molar-refractivity contribution in [3.8, 4) is 0 Å². The van der Waals surface area contributed by atoms with Gasteiger partial charge in [0.05, 0.1) is 0 Å². The maximum Gasteiger partial charge on any atom is 0.247 e. The molecule has 0 amide bonds. The highest BCUT2D eigenvalue weighted by molar-refractivity contribution is 8.05. The molecule has 0 atom stereocenters. The highest BCUT2D eigenvalue weighted by Crippen LogP contribution is 2.63. The molecule has 0 unspecified atom stereocenters. The van der Waals surface area contributed by atoms with Gasteiger partial charge in [0.2, 0.25) is 6.71 Å². The monoisotopic (exact) mass is 562 g/mol. The minimum atomic E-state index is -0.0555. The third-order valence-corrected chi connectivity index (χ3v) is 13.1. The lowest BCUT2D eigenvalue weighted by Gasteiger charge is -2.36. The molecule has 9 rings (SSSR count). The fraction of sp³-hybridized carbons (Fsp3) is 0.211. The van der Waals surface area contributed by atoms with Crippen LogP contribution in [0.15, 0.2) is 111 Å². The Hall–Kier alpha value is -3.14. The molecule has 0 aromatic heterocycles. The van der Waals surface area contributed by atoms with E-state index in [9.17, 15) is 0 Å². The van der Waals surface area contributed by atoms with Gasteiger partial charge < -0.3 is 0 Å². The molecule has 41 heavy (non-hydrogen) atoms. The summed E-state index contributed by atoms with van der Waals surface area (Å²) in [6.07, 6.45) is 9.33. The van der Waals surface area contributed by atoms with Gasteiger partial charge in [0.15, 0.2) is 0 Å². The molecule has 0 saturated carbocycles. The van der Waals surface area contributed by atoms with Gasteiger partial charge in [-0.1, -0.05) is 129 Å². The Morgan fingerprint density at radius 2 is 1.34 bits per heavy atom. The topological polar surface area (TPSA) is 0 Å². The smallest absolute Gasteiger partial charge is 0.0946 e. The normalized spacial score (nSPS) is 20.5. The van der Waals surface area contributed by atoms with Crippen molar-refractivity contribution in [2.24, 2.45) is 0 Å². The molecule has 0 spiro atoms. The van der Waals surface area contributed by atoms with Crippen LogP contribution in [0.3, 0.4) is 0 Å². The second kappa shape index (κ2) is 8.24. The summed E-state index contributed by atoms with van der Waals surface area (Å²) in [4.78, 5) is 5.96. The van der Waals surface area contributed by atoms with Crippen molar-refractivity contribution in [2.45, 2.75) is 61.2 Å². The maximum atomic E-state index is 2.55. The lowest BCUT2D eigenvalue weighted by Crippen LogP contribution is -2.41. The van der Waals surface area contributed by atoms with Crippen LogP contribution in [0, 0.1) is 0 Å². The van der Waals surface area contributed by atoms with E-state index in [1.165, 1.54) is 69.2 Å². The van der Waals surface area contributed by atoms with Crippen LogP contribution in [0.1, 0.15) is 68.4 Å². The second-order valence-corrected chi connectivity index (χ2v) is 15.3. The third kappa shape index (κ3) is 3.12. The molecule has 0 radical (unpaired) electrons. The van der Waals surface area contributed by atoms with Gasteiger partial charge in [0.1, 0.15) is 0 Å². The zero-order valence-corrected chi connectivity index (χ0v) is 25.6. The number of rotatable bonds is 1. The van der Waals surface area contributed by atoms with Crippen LogP contribution in [0.25, 0.3) is 27.3 Å². The Morgan fingerprint density at radius 3 is 2.10 bits per heavy atom. The highest BCUT2D eigenvalue weighted by Gasteiger charge is 2.53. The molecule has 3 heteroatoms. The van der Waals surface area contributed by atoms with Crippen molar-refractivity contribution in [2.75, 3.05) is 0 Å². The molecule has 198 valence electrons. The third-order valence-electron chi connectivity index (χ3n) is 10.1. The van der Waals surface area contributed by atoms with Crippen molar-refractivity contribution in [3.05, 3.63) is 129 Å². The van der Waals surface area contributed by atoms with Gasteiger partial charge in [0, 0.05) is 20.6 Å². The van der Waals surface area contributed by atoms with E-state index < -0.39 is 0 Å². The predicted molar refractivity (Wildman–Crippen MR) is 180 cm³/mol. The molecular weight excluding hydrogens is 531 g/mol. The SMILES string of the molecule is CC1(C)C2=C(B3C4=C(Sc5cccc(c53)S2)C(C)(C)c2cc3c(C5=CCCC=C5)cccc3cc24)c2ccccc21. The summed E-state index contributed by atoms with van der Waals surface area (Å²) < 4.78 is 0. The number of hydrogen-bond donors (Lipinski definition) is 0. The Morgan fingerprint density at radius 1 is 0.659 bits per heavy atom. The number of benzene rings is 4. The van der Waals surface area contributed by atoms with Gasteiger partial charge >= 0.3 is 0 Å². The standard InChI is InChI=1S/C38H31BS2/c1-37(2)28-17-9-8-15-25(28)32-35(37)40-30-18-11-19-31-34(30)39(32)33-27-20-23-14-10-16-24(22-12-6-5-7-13-22)26(23)21-29(27)38(3,4)36(33)41-31/h6,8-21H,5,7H2,1-4H3. The molecule has 0 N–H and O–H groups in total. The Labute approximate surface area is 251 Å². The first-order valence-electron chi connectivity index (χ1n) is 14.9. The van der Waals surface area contributed by atoms with Gasteiger partial charge in [0.25, 0.3) is 0 Å². The summed E-state index contributed by atoms with van der Waals surface area (Å²) >= 11 is 4.06. The van der Waals surface area contributed by atoms with E-state index in [0.29, 0.717) is 0 Å². The van der Waals surface area contributed by atoms with E-state index >= 15 is 0 Å². The summed E-state index contributed by atoms with van der Waals surface area (Å²) in [7, 11) is 0. The van der Waals surface area contributed by atoms with Crippen molar-refractivity contribution < 1.29 is 0 Å². The minimum absolute atomic E-state index is 0.00603. The minimum Gasteiger partial charge on any atom is -0.0946 e. The average Bonchev–Trinajstić information content (AvgIpc) is 3.35. The fourth-order valence-corrected chi connectivity index (χ4v) is 11.0. The van der Waals surface area contributed by atoms with Gasteiger partial charge in [-0.3, -0.25) is 0 Å². The maximum absolute atomic E-state index is 2.55. The molecule has 4 aromatic carbocycles. The van der Waals surface area contributed by atoms with Crippen LogP contribution in [-0.4, -0.2) is 6.71 Å². The largest absolute Gasteiger partial charge is 0.247 e. The van der Waals surface area contributed by atoms with E-state index in [1.54, 1.807) is 10.9 Å². The van der Waals surface area contributed by atoms with Crippen molar-refractivity contribution in [1.29, 1.82) is 0 Å². The van der Waals surface area contributed by atoms with E-state index in [0.717, 1.165) is 12.8 Å². The van der Waals surface area contributed by atoms with Gasteiger partial charge in [-0.2, -0.15) is 0 Å². The zero-order chi connectivity index (χ0) is 27.7. The predicted octanol–water partition coefficient (Wildman–Crippen LogP) is 9.97. The highest BCUT2D eigenvalue weighted by atomic mass is 32.2. The molecule has 0 fully saturated rings. The summed E-state index contributed by atoms with van der Waals surface area (Å²) in [6.45, 7) is 10.0. The Bertz CT molecular complexity index is 2000. The Kier molecular flexibility index (Phi) is 4.92. The molecule has 4 aromatic rings. The van der Waals surface area contributed by atoms with E-state index in [-0.39, 0.29) is 17.5 Å². The first kappa shape index (κ1) is 24.5. The van der Waals surface area contributed by atoms with Crippen molar-refractivity contribution in [1.82, 2.24) is 0 Å². The number of thioether (sulfide) groups is 2. The first-order valence-corrected chi connectivity index (χ1v) is 16.5. The molecule has 0 saturated heterocycles. The van der Waals surface area contributed by atoms with E-state index in [1.807, 2.05) is 23.5 Å².